The highest BCUT2D eigenvalue weighted by molar-refractivity contribution is 9.08. The SMILES string of the molecule is Cn1nc(C(F)(F)F)c(CBr)c1O. The lowest BCUT2D eigenvalue weighted by atomic mass is 10.2. The number of halogens is 4. The van der Waals surface area contributed by atoms with Crippen LogP contribution in [0.1, 0.15) is 11.3 Å². The summed E-state index contributed by atoms with van der Waals surface area (Å²) in [4.78, 5) is 0. The van der Waals surface area contributed by atoms with Gasteiger partial charge < -0.3 is 5.11 Å². The number of aryl methyl sites for hydroxylation is 1. The molecule has 1 aromatic heterocycles. The second-order valence-electron chi connectivity index (χ2n) is 2.41. The zero-order valence-corrected chi connectivity index (χ0v) is 8.15. The number of aromatic hydroxyl groups is 1. The van der Waals surface area contributed by atoms with Gasteiger partial charge in [-0.15, -0.1) is 0 Å². The first kappa shape index (κ1) is 10.4. The van der Waals surface area contributed by atoms with Gasteiger partial charge in [-0.1, -0.05) is 15.9 Å². The van der Waals surface area contributed by atoms with Gasteiger partial charge in [-0.3, -0.25) is 0 Å². The van der Waals surface area contributed by atoms with Crippen molar-refractivity contribution in [2.75, 3.05) is 0 Å². The van der Waals surface area contributed by atoms with Crippen LogP contribution in [0.15, 0.2) is 0 Å². The molecule has 0 radical (unpaired) electrons. The number of hydrogen-bond acceptors (Lipinski definition) is 2. The zero-order valence-electron chi connectivity index (χ0n) is 6.56. The van der Waals surface area contributed by atoms with E-state index in [2.05, 4.69) is 21.0 Å². The van der Waals surface area contributed by atoms with Crippen LogP contribution >= 0.6 is 15.9 Å². The minimum atomic E-state index is -4.53. The molecule has 1 N–H and O–H groups in total. The molecule has 0 unspecified atom stereocenters. The lowest BCUT2D eigenvalue weighted by Crippen LogP contribution is -2.08. The summed E-state index contributed by atoms with van der Waals surface area (Å²) < 4.78 is 37.5. The minimum Gasteiger partial charge on any atom is -0.493 e. The third-order valence-corrected chi connectivity index (χ3v) is 2.08. The van der Waals surface area contributed by atoms with E-state index in [4.69, 9.17) is 5.11 Å². The average molecular weight is 259 g/mol. The van der Waals surface area contributed by atoms with E-state index < -0.39 is 17.8 Å². The van der Waals surface area contributed by atoms with Gasteiger partial charge >= 0.3 is 6.18 Å². The van der Waals surface area contributed by atoms with E-state index in [0.29, 0.717) is 0 Å². The average Bonchev–Trinajstić information content (AvgIpc) is 2.28. The van der Waals surface area contributed by atoms with Crippen LogP contribution in [0.25, 0.3) is 0 Å². The van der Waals surface area contributed by atoms with E-state index in [-0.39, 0.29) is 10.9 Å². The van der Waals surface area contributed by atoms with Crippen LogP contribution in [0.3, 0.4) is 0 Å². The van der Waals surface area contributed by atoms with Crippen molar-refractivity contribution in [3.05, 3.63) is 11.3 Å². The first-order chi connectivity index (χ1) is 5.88. The Kier molecular flexibility index (Phi) is 2.56. The number of nitrogens with zero attached hydrogens (tertiary/aromatic N) is 2. The zero-order chi connectivity index (χ0) is 10.2. The molecule has 0 saturated carbocycles. The number of hydrogen-bond donors (Lipinski definition) is 1. The van der Waals surface area contributed by atoms with Crippen molar-refractivity contribution in [3.63, 3.8) is 0 Å². The first-order valence-electron chi connectivity index (χ1n) is 3.26. The van der Waals surface area contributed by atoms with Crippen molar-refractivity contribution in [1.82, 2.24) is 9.78 Å². The molecule has 0 aliphatic carbocycles. The Morgan fingerprint density at radius 1 is 1.54 bits per heavy atom. The van der Waals surface area contributed by atoms with Crippen LogP contribution in [0, 0.1) is 0 Å². The molecule has 1 rings (SSSR count). The summed E-state index contributed by atoms with van der Waals surface area (Å²) in [7, 11) is 1.25. The Bertz CT molecular complexity index is 320. The van der Waals surface area contributed by atoms with Crippen LogP contribution in [-0.4, -0.2) is 14.9 Å². The Labute approximate surface area is 80.3 Å². The maximum atomic E-state index is 12.2. The third kappa shape index (κ3) is 1.79. The molecule has 0 aliphatic heterocycles. The summed E-state index contributed by atoms with van der Waals surface area (Å²) in [5.74, 6) is -0.468. The molecule has 0 bridgehead atoms. The monoisotopic (exact) mass is 258 g/mol. The van der Waals surface area contributed by atoms with E-state index >= 15 is 0 Å². The van der Waals surface area contributed by atoms with Gasteiger partial charge in [0.25, 0.3) is 0 Å². The molecule has 0 atom stereocenters. The predicted molar refractivity (Wildman–Crippen MR) is 42.5 cm³/mol. The first-order valence-corrected chi connectivity index (χ1v) is 4.38. The molecule has 0 saturated heterocycles. The van der Waals surface area contributed by atoms with Crippen molar-refractivity contribution in [2.24, 2.45) is 7.05 Å². The third-order valence-electron chi connectivity index (χ3n) is 1.51. The lowest BCUT2D eigenvalue weighted by Gasteiger charge is -2.02. The predicted octanol–water partition coefficient (Wildman–Crippen LogP) is 2.04. The summed E-state index contributed by atoms with van der Waals surface area (Å²) >= 11 is 2.85. The van der Waals surface area contributed by atoms with E-state index in [1.54, 1.807) is 0 Å². The van der Waals surface area contributed by atoms with Crippen molar-refractivity contribution < 1.29 is 18.3 Å². The smallest absolute Gasteiger partial charge is 0.435 e. The summed E-state index contributed by atoms with van der Waals surface area (Å²) in [6, 6.07) is 0. The maximum absolute atomic E-state index is 12.2. The van der Waals surface area contributed by atoms with Crippen molar-refractivity contribution in [1.29, 1.82) is 0 Å². The molecule has 0 aromatic carbocycles. The number of alkyl halides is 4. The Hall–Kier alpha value is -0.720. The van der Waals surface area contributed by atoms with Crippen LogP contribution in [-0.2, 0) is 18.6 Å². The van der Waals surface area contributed by atoms with Gasteiger partial charge in [0.05, 0.1) is 5.56 Å². The van der Waals surface area contributed by atoms with Gasteiger partial charge in [0.15, 0.2) is 5.69 Å². The fourth-order valence-corrected chi connectivity index (χ4v) is 1.43. The highest BCUT2D eigenvalue weighted by atomic mass is 79.9. The molecular weight excluding hydrogens is 253 g/mol. The number of aromatic nitrogens is 2. The van der Waals surface area contributed by atoms with Gasteiger partial charge in [-0.05, 0) is 0 Å². The minimum absolute atomic E-state index is 0.0818. The molecular formula is C6H6BrF3N2O. The Balaban J connectivity index is 3.30. The summed E-state index contributed by atoms with van der Waals surface area (Å²) in [5.41, 5.74) is -1.29. The summed E-state index contributed by atoms with van der Waals surface area (Å²) in [5, 5.41) is 12.2. The quantitative estimate of drug-likeness (QED) is 0.783. The molecule has 13 heavy (non-hydrogen) atoms. The highest BCUT2D eigenvalue weighted by Gasteiger charge is 2.38. The standard InChI is InChI=1S/C6H6BrF3N2O/c1-12-5(13)3(2-7)4(11-12)6(8,9)10/h13H,2H2,1H3. The molecule has 7 heteroatoms. The maximum Gasteiger partial charge on any atom is 0.435 e. The van der Waals surface area contributed by atoms with Crippen LogP contribution < -0.4 is 0 Å². The van der Waals surface area contributed by atoms with E-state index in [1.165, 1.54) is 7.05 Å². The van der Waals surface area contributed by atoms with Crippen LogP contribution in [0.2, 0.25) is 0 Å². The Morgan fingerprint density at radius 2 is 2.08 bits per heavy atom. The molecule has 3 nitrogen and oxygen atoms in total. The van der Waals surface area contributed by atoms with Gasteiger partial charge in [-0.2, -0.15) is 18.3 Å². The summed E-state index contributed by atoms with van der Waals surface area (Å²) in [6.45, 7) is 0. The van der Waals surface area contributed by atoms with Crippen LogP contribution in [0.5, 0.6) is 5.88 Å². The van der Waals surface area contributed by atoms with Crippen molar-refractivity contribution in [3.8, 4) is 5.88 Å². The fraction of sp³-hybridized carbons (Fsp3) is 0.500. The Morgan fingerprint density at radius 3 is 2.38 bits per heavy atom. The van der Waals surface area contributed by atoms with E-state index in [1.807, 2.05) is 0 Å². The molecule has 0 amide bonds. The van der Waals surface area contributed by atoms with Gasteiger partial charge in [-0.25, -0.2) is 4.68 Å². The molecule has 74 valence electrons. The molecule has 1 aromatic rings. The molecule has 0 spiro atoms. The second kappa shape index (κ2) is 3.21. The van der Waals surface area contributed by atoms with Gasteiger partial charge in [0.1, 0.15) is 0 Å². The van der Waals surface area contributed by atoms with Crippen molar-refractivity contribution in [2.45, 2.75) is 11.5 Å². The molecule has 1 heterocycles. The van der Waals surface area contributed by atoms with Crippen LogP contribution in [0.4, 0.5) is 13.2 Å². The summed E-state index contributed by atoms with van der Waals surface area (Å²) in [6.07, 6.45) is -4.53. The van der Waals surface area contributed by atoms with E-state index in [9.17, 15) is 13.2 Å². The largest absolute Gasteiger partial charge is 0.493 e. The van der Waals surface area contributed by atoms with Gasteiger partial charge in [0.2, 0.25) is 5.88 Å². The number of rotatable bonds is 1. The molecule has 0 aliphatic rings. The lowest BCUT2D eigenvalue weighted by molar-refractivity contribution is -0.141. The van der Waals surface area contributed by atoms with E-state index in [0.717, 1.165) is 4.68 Å². The molecule has 0 fully saturated rings. The highest BCUT2D eigenvalue weighted by Crippen LogP contribution is 2.35. The fourth-order valence-electron chi connectivity index (χ4n) is 0.910. The topological polar surface area (TPSA) is 38.0 Å². The normalized spacial score (nSPS) is 12.1. The second-order valence-corrected chi connectivity index (χ2v) is 2.97. The van der Waals surface area contributed by atoms with Crippen molar-refractivity contribution >= 4 is 15.9 Å². The van der Waals surface area contributed by atoms with Gasteiger partial charge in [0, 0.05) is 12.4 Å².